The van der Waals surface area contributed by atoms with Crippen LogP contribution in [0, 0.1) is 16.0 Å². The molecule has 0 aromatic carbocycles. The number of nitrogens with zero attached hydrogens (tertiary/aromatic N) is 3. The van der Waals surface area contributed by atoms with E-state index >= 15 is 0 Å². The molecule has 0 aliphatic heterocycles. The monoisotopic (exact) mass is 268 g/mol. The molecular weight excluding hydrogens is 252 g/mol. The molecule has 0 aliphatic rings. The molecule has 0 saturated carbocycles. The Balaban J connectivity index is 2.65. The van der Waals surface area contributed by atoms with Gasteiger partial charge in [0.25, 0.3) is 0 Å². The maximum absolute atomic E-state index is 11.5. The van der Waals surface area contributed by atoms with Gasteiger partial charge in [-0.25, -0.2) is 9.97 Å². The third kappa shape index (κ3) is 4.37. The molecule has 0 unspecified atom stereocenters. The first-order valence-electron chi connectivity index (χ1n) is 5.67. The number of hydrogen-bond acceptors (Lipinski definition) is 7. The first kappa shape index (κ1) is 14.6. The van der Waals surface area contributed by atoms with Gasteiger partial charge in [0.05, 0.1) is 11.5 Å². The Labute approximate surface area is 109 Å². The second-order valence-electron chi connectivity index (χ2n) is 4.26. The van der Waals surface area contributed by atoms with Gasteiger partial charge in [0.2, 0.25) is 17.5 Å². The number of nitrogen functional groups attached to an aromatic ring is 1. The normalized spacial score (nSPS) is 10.3. The maximum Gasteiger partial charge on any atom is 0.352 e. The lowest BCUT2D eigenvalue weighted by molar-refractivity contribution is -0.383. The van der Waals surface area contributed by atoms with Crippen molar-refractivity contribution in [3.63, 3.8) is 0 Å². The fraction of sp³-hybridized carbons (Fsp3) is 0.500. The van der Waals surface area contributed by atoms with E-state index in [1.165, 1.54) is 0 Å². The Bertz CT molecular complexity index is 476. The topological polar surface area (TPSA) is 136 Å². The second kappa shape index (κ2) is 6.47. The first-order chi connectivity index (χ1) is 8.91. The van der Waals surface area contributed by atoms with Gasteiger partial charge in [-0.2, -0.15) is 0 Å². The molecule has 0 radical (unpaired) electrons. The van der Waals surface area contributed by atoms with Gasteiger partial charge in [-0.3, -0.25) is 14.9 Å². The number of rotatable bonds is 6. The highest BCUT2D eigenvalue weighted by Gasteiger charge is 2.21. The van der Waals surface area contributed by atoms with Gasteiger partial charge in [-0.05, 0) is 5.92 Å². The molecule has 19 heavy (non-hydrogen) atoms. The highest BCUT2D eigenvalue weighted by molar-refractivity contribution is 5.81. The lowest BCUT2D eigenvalue weighted by atomic mass is 10.2. The average molecular weight is 268 g/mol. The summed E-state index contributed by atoms with van der Waals surface area (Å²) in [6, 6.07) is 0. The first-order valence-corrected chi connectivity index (χ1v) is 5.67. The van der Waals surface area contributed by atoms with E-state index < -0.39 is 10.6 Å². The average Bonchev–Trinajstić information content (AvgIpc) is 2.33. The van der Waals surface area contributed by atoms with Crippen LogP contribution >= 0.6 is 0 Å². The summed E-state index contributed by atoms with van der Waals surface area (Å²) in [5.74, 6) is -0.268. The van der Waals surface area contributed by atoms with Crippen LogP contribution in [0.1, 0.15) is 13.8 Å². The predicted molar refractivity (Wildman–Crippen MR) is 69.4 cm³/mol. The number of carbonyl (C=O) groups excluding carboxylic acids is 1. The third-order valence-corrected chi connectivity index (χ3v) is 2.16. The summed E-state index contributed by atoms with van der Waals surface area (Å²) in [4.78, 5) is 28.8. The summed E-state index contributed by atoms with van der Waals surface area (Å²) in [6.07, 6.45) is 1.09. The molecule has 1 aromatic heterocycles. The van der Waals surface area contributed by atoms with Crippen LogP contribution in [0.15, 0.2) is 6.33 Å². The van der Waals surface area contributed by atoms with Crippen LogP contribution in [-0.2, 0) is 4.79 Å². The highest BCUT2D eigenvalue weighted by Crippen LogP contribution is 2.25. The zero-order chi connectivity index (χ0) is 14.4. The molecule has 4 N–H and O–H groups in total. The zero-order valence-electron chi connectivity index (χ0n) is 10.7. The van der Waals surface area contributed by atoms with Crippen LogP contribution in [0.5, 0.6) is 0 Å². The molecule has 1 rings (SSSR count). The number of aromatic nitrogens is 2. The van der Waals surface area contributed by atoms with Crippen molar-refractivity contribution < 1.29 is 9.72 Å². The largest absolute Gasteiger partial charge is 0.378 e. The molecule has 1 heterocycles. The van der Waals surface area contributed by atoms with Crippen LogP contribution in [-0.4, -0.2) is 33.9 Å². The number of carbonyl (C=O) groups is 1. The minimum Gasteiger partial charge on any atom is -0.378 e. The highest BCUT2D eigenvalue weighted by atomic mass is 16.6. The Morgan fingerprint density at radius 3 is 2.79 bits per heavy atom. The summed E-state index contributed by atoms with van der Waals surface area (Å²) >= 11 is 0. The van der Waals surface area contributed by atoms with Gasteiger partial charge in [0, 0.05) is 6.54 Å². The molecule has 0 fully saturated rings. The fourth-order valence-electron chi connectivity index (χ4n) is 1.25. The molecule has 104 valence electrons. The molecule has 0 spiro atoms. The van der Waals surface area contributed by atoms with Gasteiger partial charge in [-0.1, -0.05) is 13.8 Å². The van der Waals surface area contributed by atoms with Crippen molar-refractivity contribution in [2.45, 2.75) is 13.8 Å². The number of amides is 1. The number of nitro groups is 1. The lowest BCUT2D eigenvalue weighted by Gasteiger charge is -2.09. The molecule has 0 bridgehead atoms. The van der Waals surface area contributed by atoms with Crippen molar-refractivity contribution in [2.75, 3.05) is 24.1 Å². The van der Waals surface area contributed by atoms with E-state index in [4.69, 9.17) is 5.73 Å². The molecular formula is C10H16N6O3. The van der Waals surface area contributed by atoms with Gasteiger partial charge < -0.3 is 16.4 Å². The Hall–Kier alpha value is -2.45. The molecule has 0 atom stereocenters. The number of nitrogens with two attached hydrogens (primary N) is 1. The fourth-order valence-corrected chi connectivity index (χ4v) is 1.25. The molecule has 0 saturated heterocycles. The maximum atomic E-state index is 11.5. The van der Waals surface area contributed by atoms with E-state index in [-0.39, 0.29) is 24.1 Å². The SMILES string of the molecule is CC(C)CNC(=O)CNc1ncnc(N)c1[N+](=O)[O-]. The number of anilines is 2. The summed E-state index contributed by atoms with van der Waals surface area (Å²) in [5, 5.41) is 16.1. The zero-order valence-corrected chi connectivity index (χ0v) is 10.7. The van der Waals surface area contributed by atoms with E-state index in [1.54, 1.807) is 0 Å². The van der Waals surface area contributed by atoms with Gasteiger partial charge >= 0.3 is 5.69 Å². The van der Waals surface area contributed by atoms with Crippen molar-refractivity contribution in [1.82, 2.24) is 15.3 Å². The quantitative estimate of drug-likeness (QED) is 0.493. The summed E-state index contributed by atoms with van der Waals surface area (Å²) in [5.41, 5.74) is 4.96. The smallest absolute Gasteiger partial charge is 0.352 e. The minimum atomic E-state index is -0.691. The van der Waals surface area contributed by atoms with E-state index in [0.717, 1.165) is 6.33 Å². The standard InChI is InChI=1S/C10H16N6O3/c1-6(2)3-12-7(17)4-13-10-8(16(18)19)9(11)14-5-15-10/h5-6H,3-4H2,1-2H3,(H,12,17)(H3,11,13,14,15). The molecule has 9 nitrogen and oxygen atoms in total. The Kier molecular flexibility index (Phi) is 4.98. The van der Waals surface area contributed by atoms with Gasteiger partial charge in [0.1, 0.15) is 6.33 Å². The van der Waals surface area contributed by atoms with Crippen LogP contribution in [0.25, 0.3) is 0 Å². The Morgan fingerprint density at radius 1 is 1.53 bits per heavy atom. The van der Waals surface area contributed by atoms with Crippen LogP contribution in [0.3, 0.4) is 0 Å². The predicted octanol–water partition coefficient (Wildman–Crippen LogP) is 0.151. The van der Waals surface area contributed by atoms with Crippen LogP contribution < -0.4 is 16.4 Å². The summed E-state index contributed by atoms with van der Waals surface area (Å²) in [6.45, 7) is 4.34. The van der Waals surface area contributed by atoms with Crippen LogP contribution in [0.4, 0.5) is 17.3 Å². The van der Waals surface area contributed by atoms with Crippen LogP contribution in [0.2, 0.25) is 0 Å². The lowest BCUT2D eigenvalue weighted by Crippen LogP contribution is -2.32. The van der Waals surface area contributed by atoms with E-state index in [9.17, 15) is 14.9 Å². The van der Waals surface area contributed by atoms with Gasteiger partial charge in [-0.15, -0.1) is 0 Å². The van der Waals surface area contributed by atoms with Crippen molar-refractivity contribution in [3.05, 3.63) is 16.4 Å². The van der Waals surface area contributed by atoms with Gasteiger partial charge in [0.15, 0.2) is 0 Å². The third-order valence-electron chi connectivity index (χ3n) is 2.16. The van der Waals surface area contributed by atoms with Crippen molar-refractivity contribution in [3.8, 4) is 0 Å². The molecule has 9 heteroatoms. The van der Waals surface area contributed by atoms with E-state index in [0.29, 0.717) is 12.5 Å². The molecule has 1 aromatic rings. The van der Waals surface area contributed by atoms with Crippen molar-refractivity contribution in [2.24, 2.45) is 5.92 Å². The Morgan fingerprint density at radius 2 is 2.21 bits per heavy atom. The molecule has 1 amide bonds. The molecule has 0 aliphatic carbocycles. The second-order valence-corrected chi connectivity index (χ2v) is 4.26. The van der Waals surface area contributed by atoms with E-state index in [1.807, 2.05) is 13.8 Å². The minimum absolute atomic E-state index is 0.0720. The van der Waals surface area contributed by atoms with E-state index in [2.05, 4.69) is 20.6 Å². The number of hydrogen-bond donors (Lipinski definition) is 3. The summed E-state index contributed by atoms with van der Waals surface area (Å²) in [7, 11) is 0. The summed E-state index contributed by atoms with van der Waals surface area (Å²) < 4.78 is 0. The van der Waals surface area contributed by atoms with Crippen molar-refractivity contribution in [1.29, 1.82) is 0 Å². The van der Waals surface area contributed by atoms with Crippen molar-refractivity contribution >= 4 is 23.2 Å². The number of nitrogens with one attached hydrogen (secondary N) is 2.